The Morgan fingerprint density at radius 3 is 2.41 bits per heavy atom. The van der Waals surface area contributed by atoms with E-state index in [-0.39, 0.29) is 0 Å². The summed E-state index contributed by atoms with van der Waals surface area (Å²) in [5, 5.41) is 18.1. The standard InChI is InChI=1S/C12H15N3OSi/c1-12(9-14,16-17(2,3)4)11-7-5-6-10(8-13)15-11/h5-7H,1-4H3. The monoisotopic (exact) mass is 245 g/mol. The number of nitrogens with zero attached hydrogens (tertiary/aromatic N) is 3. The summed E-state index contributed by atoms with van der Waals surface area (Å²) in [5.74, 6) is 0. The Hall–Kier alpha value is -1.69. The van der Waals surface area contributed by atoms with Crippen LogP contribution in [0.15, 0.2) is 18.2 Å². The molecule has 1 aromatic rings. The number of hydrogen-bond acceptors (Lipinski definition) is 4. The number of pyridine rings is 1. The Labute approximate surface area is 103 Å². The highest BCUT2D eigenvalue weighted by Crippen LogP contribution is 2.27. The van der Waals surface area contributed by atoms with Crippen LogP contribution in [0, 0.1) is 22.7 Å². The molecular formula is C12H15N3OSi. The summed E-state index contributed by atoms with van der Waals surface area (Å²) in [5.41, 5.74) is -0.304. The average molecular weight is 245 g/mol. The van der Waals surface area contributed by atoms with Crippen LogP contribution in [0.3, 0.4) is 0 Å². The lowest BCUT2D eigenvalue weighted by molar-refractivity contribution is 0.136. The van der Waals surface area contributed by atoms with Gasteiger partial charge in [0.1, 0.15) is 17.8 Å². The van der Waals surface area contributed by atoms with E-state index < -0.39 is 13.9 Å². The highest BCUT2D eigenvalue weighted by molar-refractivity contribution is 6.69. The average Bonchev–Trinajstić information content (AvgIpc) is 2.27. The fourth-order valence-electron chi connectivity index (χ4n) is 1.51. The number of rotatable bonds is 3. The van der Waals surface area contributed by atoms with Gasteiger partial charge in [-0.05, 0) is 38.7 Å². The van der Waals surface area contributed by atoms with Crippen molar-refractivity contribution >= 4 is 8.32 Å². The molecule has 88 valence electrons. The van der Waals surface area contributed by atoms with Crippen molar-refractivity contribution in [2.75, 3.05) is 0 Å². The van der Waals surface area contributed by atoms with Gasteiger partial charge in [0.15, 0.2) is 13.9 Å². The van der Waals surface area contributed by atoms with Crippen LogP contribution in [0.2, 0.25) is 19.6 Å². The maximum absolute atomic E-state index is 9.29. The molecule has 0 fully saturated rings. The smallest absolute Gasteiger partial charge is 0.186 e. The molecule has 0 saturated carbocycles. The van der Waals surface area contributed by atoms with Crippen LogP contribution in [-0.2, 0) is 10.0 Å². The lowest BCUT2D eigenvalue weighted by atomic mass is 10.0. The predicted octanol–water partition coefficient (Wildman–Crippen LogP) is 2.54. The largest absolute Gasteiger partial charge is 0.396 e. The van der Waals surface area contributed by atoms with Crippen molar-refractivity contribution in [2.24, 2.45) is 0 Å². The van der Waals surface area contributed by atoms with Gasteiger partial charge >= 0.3 is 0 Å². The molecule has 4 nitrogen and oxygen atoms in total. The fraction of sp³-hybridized carbons (Fsp3) is 0.417. The number of hydrogen-bond donors (Lipinski definition) is 0. The molecule has 0 aromatic carbocycles. The van der Waals surface area contributed by atoms with Gasteiger partial charge in [-0.2, -0.15) is 10.5 Å². The normalized spacial score (nSPS) is 14.5. The van der Waals surface area contributed by atoms with Gasteiger partial charge < -0.3 is 4.43 Å². The number of nitriles is 2. The van der Waals surface area contributed by atoms with Gasteiger partial charge in [0.05, 0.1) is 5.69 Å². The number of aromatic nitrogens is 1. The SMILES string of the molecule is CC(C#N)(O[Si](C)(C)C)c1cccc(C#N)n1. The Balaban J connectivity index is 3.18. The molecule has 1 rings (SSSR count). The Kier molecular flexibility index (Phi) is 3.67. The first-order chi connectivity index (χ1) is 7.80. The summed E-state index contributed by atoms with van der Waals surface area (Å²) in [4.78, 5) is 4.13. The van der Waals surface area contributed by atoms with Gasteiger partial charge in [-0.15, -0.1) is 0 Å². The predicted molar refractivity (Wildman–Crippen MR) is 66.3 cm³/mol. The summed E-state index contributed by atoms with van der Waals surface area (Å²) >= 11 is 0. The molecule has 0 amide bonds. The quantitative estimate of drug-likeness (QED) is 0.767. The minimum Gasteiger partial charge on any atom is -0.396 e. The van der Waals surface area contributed by atoms with Crippen molar-refractivity contribution < 1.29 is 4.43 Å². The van der Waals surface area contributed by atoms with E-state index in [1.807, 2.05) is 25.7 Å². The molecule has 0 aliphatic heterocycles. The van der Waals surface area contributed by atoms with Crippen molar-refractivity contribution in [3.63, 3.8) is 0 Å². The zero-order valence-corrected chi connectivity index (χ0v) is 11.5. The van der Waals surface area contributed by atoms with E-state index in [1.54, 1.807) is 25.1 Å². The highest BCUT2D eigenvalue weighted by Gasteiger charge is 2.34. The van der Waals surface area contributed by atoms with Gasteiger partial charge in [0.2, 0.25) is 0 Å². The molecule has 0 bridgehead atoms. The molecular weight excluding hydrogens is 230 g/mol. The van der Waals surface area contributed by atoms with E-state index >= 15 is 0 Å². The molecule has 0 spiro atoms. The molecule has 0 N–H and O–H groups in total. The topological polar surface area (TPSA) is 69.7 Å². The minimum atomic E-state index is -1.87. The van der Waals surface area contributed by atoms with Gasteiger partial charge in [-0.1, -0.05) is 6.07 Å². The van der Waals surface area contributed by atoms with Crippen LogP contribution in [0.4, 0.5) is 0 Å². The third-order valence-corrected chi connectivity index (χ3v) is 3.10. The van der Waals surface area contributed by atoms with Crippen molar-refractivity contribution in [1.29, 1.82) is 10.5 Å². The first kappa shape index (κ1) is 13.4. The maximum atomic E-state index is 9.29. The van der Waals surface area contributed by atoms with Gasteiger partial charge in [-0.25, -0.2) is 4.98 Å². The molecule has 0 radical (unpaired) electrons. The van der Waals surface area contributed by atoms with Crippen LogP contribution in [-0.4, -0.2) is 13.3 Å². The van der Waals surface area contributed by atoms with Crippen molar-refractivity contribution in [3.8, 4) is 12.1 Å². The van der Waals surface area contributed by atoms with E-state index in [1.165, 1.54) is 0 Å². The zero-order valence-electron chi connectivity index (χ0n) is 10.5. The first-order valence-electron chi connectivity index (χ1n) is 5.30. The molecule has 0 saturated heterocycles. The third kappa shape index (κ3) is 3.38. The molecule has 1 aromatic heterocycles. The van der Waals surface area contributed by atoms with Crippen LogP contribution in [0.5, 0.6) is 0 Å². The lowest BCUT2D eigenvalue weighted by Gasteiger charge is -2.29. The van der Waals surface area contributed by atoms with Crippen LogP contribution < -0.4 is 0 Å². The second kappa shape index (κ2) is 4.66. The van der Waals surface area contributed by atoms with Crippen LogP contribution in [0.1, 0.15) is 18.3 Å². The molecule has 5 heteroatoms. The molecule has 1 atom stereocenters. The van der Waals surface area contributed by atoms with Gasteiger partial charge in [-0.3, -0.25) is 0 Å². The zero-order chi connectivity index (χ0) is 13.1. The first-order valence-corrected chi connectivity index (χ1v) is 8.70. The summed E-state index contributed by atoms with van der Waals surface area (Å²) in [6.45, 7) is 7.72. The summed E-state index contributed by atoms with van der Waals surface area (Å²) in [7, 11) is -1.87. The second-order valence-corrected chi connectivity index (χ2v) is 9.31. The minimum absolute atomic E-state index is 0.295. The summed E-state index contributed by atoms with van der Waals surface area (Å²) < 4.78 is 5.87. The van der Waals surface area contributed by atoms with Crippen molar-refractivity contribution in [3.05, 3.63) is 29.6 Å². The summed E-state index contributed by atoms with van der Waals surface area (Å²) in [6.07, 6.45) is 0. The second-order valence-electron chi connectivity index (χ2n) is 4.88. The van der Waals surface area contributed by atoms with E-state index in [0.29, 0.717) is 11.4 Å². The maximum Gasteiger partial charge on any atom is 0.186 e. The summed E-state index contributed by atoms with van der Waals surface area (Å²) in [6, 6.07) is 9.14. The van der Waals surface area contributed by atoms with E-state index in [9.17, 15) is 5.26 Å². The molecule has 17 heavy (non-hydrogen) atoms. The molecule has 0 aliphatic rings. The van der Waals surface area contributed by atoms with E-state index in [4.69, 9.17) is 9.69 Å². The molecule has 1 unspecified atom stereocenters. The fourth-order valence-corrected chi connectivity index (χ4v) is 2.88. The highest BCUT2D eigenvalue weighted by atomic mass is 28.4. The van der Waals surface area contributed by atoms with Crippen molar-refractivity contribution in [1.82, 2.24) is 4.98 Å². The van der Waals surface area contributed by atoms with Crippen LogP contribution >= 0.6 is 0 Å². The third-order valence-electron chi connectivity index (χ3n) is 2.08. The lowest BCUT2D eigenvalue weighted by Crippen LogP contribution is -2.38. The van der Waals surface area contributed by atoms with E-state index in [0.717, 1.165) is 0 Å². The van der Waals surface area contributed by atoms with Gasteiger partial charge in [0.25, 0.3) is 0 Å². The van der Waals surface area contributed by atoms with Crippen LogP contribution in [0.25, 0.3) is 0 Å². The Morgan fingerprint density at radius 2 is 1.94 bits per heavy atom. The Morgan fingerprint density at radius 1 is 1.29 bits per heavy atom. The molecule has 1 heterocycles. The van der Waals surface area contributed by atoms with E-state index in [2.05, 4.69) is 11.1 Å². The Bertz CT molecular complexity index is 496. The van der Waals surface area contributed by atoms with Gasteiger partial charge in [0, 0.05) is 0 Å². The van der Waals surface area contributed by atoms with Crippen molar-refractivity contribution in [2.45, 2.75) is 32.2 Å². The molecule has 0 aliphatic carbocycles.